The Labute approximate surface area is 153 Å². The Hall–Kier alpha value is -1.93. The van der Waals surface area contributed by atoms with Crippen molar-refractivity contribution in [2.24, 2.45) is 11.8 Å². The van der Waals surface area contributed by atoms with Gasteiger partial charge in [0.15, 0.2) is 0 Å². The van der Waals surface area contributed by atoms with E-state index in [1.54, 1.807) is 0 Å². The van der Waals surface area contributed by atoms with Crippen molar-refractivity contribution in [2.75, 3.05) is 18.8 Å². The lowest BCUT2D eigenvalue weighted by atomic mass is 9.86. The number of sulfonamides is 1. The van der Waals surface area contributed by atoms with E-state index in [0.717, 1.165) is 35.3 Å². The van der Waals surface area contributed by atoms with Gasteiger partial charge in [0, 0.05) is 13.1 Å². The number of amides is 3. The minimum atomic E-state index is -3.50. The van der Waals surface area contributed by atoms with Crippen molar-refractivity contribution in [1.82, 2.24) is 14.9 Å². The van der Waals surface area contributed by atoms with E-state index in [9.17, 15) is 18.0 Å². The lowest BCUT2D eigenvalue weighted by Gasteiger charge is -2.34. The Morgan fingerprint density at radius 1 is 1.19 bits per heavy atom. The fourth-order valence-electron chi connectivity index (χ4n) is 3.95. The lowest BCUT2D eigenvalue weighted by molar-refractivity contribution is -0.134. The molecule has 8 heteroatoms. The molecule has 1 aromatic carbocycles. The first-order valence-electron chi connectivity index (χ1n) is 9.11. The van der Waals surface area contributed by atoms with Crippen LogP contribution in [0.4, 0.5) is 4.79 Å². The van der Waals surface area contributed by atoms with Crippen LogP contribution < -0.4 is 10.0 Å². The van der Waals surface area contributed by atoms with E-state index in [0.29, 0.717) is 18.9 Å². The van der Waals surface area contributed by atoms with E-state index >= 15 is 0 Å². The summed E-state index contributed by atoms with van der Waals surface area (Å²) in [7, 11) is -3.50. The van der Waals surface area contributed by atoms with Gasteiger partial charge in [0.1, 0.15) is 0 Å². The van der Waals surface area contributed by atoms with Crippen LogP contribution in [0.1, 0.15) is 36.4 Å². The summed E-state index contributed by atoms with van der Waals surface area (Å²) in [5.74, 6) is -0.481. The first-order valence-corrected chi connectivity index (χ1v) is 10.8. The maximum Gasteiger partial charge on any atom is 0.324 e. The van der Waals surface area contributed by atoms with Crippen molar-refractivity contribution >= 4 is 22.0 Å². The molecule has 2 atom stereocenters. The average Bonchev–Trinajstić information content (AvgIpc) is 2.92. The molecule has 0 unspecified atom stereocenters. The molecule has 1 heterocycles. The van der Waals surface area contributed by atoms with Gasteiger partial charge in [-0.25, -0.2) is 17.9 Å². The first-order chi connectivity index (χ1) is 12.4. The van der Waals surface area contributed by atoms with Crippen LogP contribution >= 0.6 is 0 Å². The normalized spacial score (nSPS) is 25.5. The summed E-state index contributed by atoms with van der Waals surface area (Å²) in [6, 6.07) is 6.88. The first kappa shape index (κ1) is 17.5. The van der Waals surface area contributed by atoms with E-state index in [4.69, 9.17) is 0 Å². The Kier molecular flexibility index (Phi) is 4.48. The Morgan fingerprint density at radius 2 is 1.96 bits per heavy atom. The fourth-order valence-corrected chi connectivity index (χ4v) is 5.01. The molecule has 2 fully saturated rings. The van der Waals surface area contributed by atoms with E-state index in [1.807, 2.05) is 24.3 Å². The van der Waals surface area contributed by atoms with Gasteiger partial charge < -0.3 is 5.32 Å². The molecule has 2 aliphatic carbocycles. The molecule has 2 N–H and O–H groups in total. The van der Waals surface area contributed by atoms with Crippen LogP contribution in [0.2, 0.25) is 0 Å². The van der Waals surface area contributed by atoms with Crippen molar-refractivity contribution < 1.29 is 18.0 Å². The quantitative estimate of drug-likeness (QED) is 0.778. The van der Waals surface area contributed by atoms with Crippen molar-refractivity contribution in [3.05, 3.63) is 35.4 Å². The minimum Gasteiger partial charge on any atom is -0.330 e. The number of rotatable bonds is 6. The van der Waals surface area contributed by atoms with E-state index in [1.165, 1.54) is 0 Å². The fraction of sp³-hybridized carbons (Fsp3) is 0.556. The predicted octanol–water partition coefficient (Wildman–Crippen LogP) is 1.17. The number of nitrogens with zero attached hydrogens (tertiary/aromatic N) is 1. The summed E-state index contributed by atoms with van der Waals surface area (Å²) in [5, 5.41) is 2.87. The van der Waals surface area contributed by atoms with E-state index in [2.05, 4.69) is 10.0 Å². The topological polar surface area (TPSA) is 95.6 Å². The highest BCUT2D eigenvalue weighted by molar-refractivity contribution is 7.89. The molecule has 4 rings (SSSR count). The number of imide groups is 1. The number of nitrogens with one attached hydrogen (secondary N) is 2. The Bertz CT molecular complexity index is 835. The van der Waals surface area contributed by atoms with Gasteiger partial charge in [-0.3, -0.25) is 9.69 Å². The number of urea groups is 1. The average molecular weight is 377 g/mol. The standard InChI is InChI=1S/C18H23N3O4S/c22-17-15-10-13-6-1-2-7-14(13)16(15)20-18(23)21(17)8-9-26(24,25)19-11-12-4-3-5-12/h1-2,6-7,12,15-16,19H,3-5,8-11H2,(H,20,23)/t15-,16+/m1/s1. The van der Waals surface area contributed by atoms with Gasteiger partial charge in [-0.15, -0.1) is 0 Å². The van der Waals surface area contributed by atoms with Crippen molar-refractivity contribution in [1.29, 1.82) is 0 Å². The Morgan fingerprint density at radius 3 is 2.69 bits per heavy atom. The number of carbonyl (C=O) groups is 2. The summed E-state index contributed by atoms with van der Waals surface area (Å²) < 4.78 is 26.9. The van der Waals surface area contributed by atoms with Gasteiger partial charge >= 0.3 is 6.03 Å². The molecule has 3 amide bonds. The van der Waals surface area contributed by atoms with Gasteiger partial charge in [0.25, 0.3) is 0 Å². The van der Waals surface area contributed by atoms with Crippen LogP contribution in [0.3, 0.4) is 0 Å². The molecule has 3 aliphatic rings. The third-order valence-electron chi connectivity index (χ3n) is 5.74. The molecule has 1 aromatic rings. The second-order valence-corrected chi connectivity index (χ2v) is 9.32. The molecule has 0 radical (unpaired) electrons. The van der Waals surface area contributed by atoms with Crippen molar-refractivity contribution in [2.45, 2.75) is 31.7 Å². The van der Waals surface area contributed by atoms with Crippen LogP contribution in [0.15, 0.2) is 24.3 Å². The van der Waals surface area contributed by atoms with E-state index in [-0.39, 0.29) is 30.2 Å². The Balaban J connectivity index is 1.39. The van der Waals surface area contributed by atoms with Gasteiger partial charge in [-0.2, -0.15) is 0 Å². The summed E-state index contributed by atoms with van der Waals surface area (Å²) in [5.41, 5.74) is 2.04. The van der Waals surface area contributed by atoms with Crippen molar-refractivity contribution in [3.8, 4) is 0 Å². The number of carbonyl (C=O) groups excluding carboxylic acids is 2. The summed E-state index contributed by atoms with van der Waals surface area (Å²) >= 11 is 0. The largest absolute Gasteiger partial charge is 0.330 e. The second-order valence-electron chi connectivity index (χ2n) is 7.39. The van der Waals surface area contributed by atoms with Crippen LogP contribution in [-0.4, -0.2) is 44.1 Å². The second kappa shape index (κ2) is 6.66. The molecule has 0 aromatic heterocycles. The molecule has 1 aliphatic heterocycles. The minimum absolute atomic E-state index is 0.121. The van der Waals surface area contributed by atoms with Gasteiger partial charge in [-0.1, -0.05) is 30.7 Å². The van der Waals surface area contributed by atoms with Gasteiger partial charge in [-0.05, 0) is 36.3 Å². The van der Waals surface area contributed by atoms with Gasteiger partial charge in [0.2, 0.25) is 15.9 Å². The number of hydrogen-bond acceptors (Lipinski definition) is 4. The zero-order valence-corrected chi connectivity index (χ0v) is 15.3. The van der Waals surface area contributed by atoms with Crippen LogP contribution in [0, 0.1) is 11.8 Å². The van der Waals surface area contributed by atoms with Crippen molar-refractivity contribution in [3.63, 3.8) is 0 Å². The summed E-state index contributed by atoms with van der Waals surface area (Å²) in [6.45, 7) is 0.326. The molecule has 140 valence electrons. The molecule has 26 heavy (non-hydrogen) atoms. The smallest absolute Gasteiger partial charge is 0.324 e. The van der Waals surface area contributed by atoms with Crippen LogP contribution in [0.5, 0.6) is 0 Å². The number of hydrogen-bond donors (Lipinski definition) is 2. The molecular formula is C18H23N3O4S. The lowest BCUT2D eigenvalue weighted by Crippen LogP contribution is -2.56. The third-order valence-corrected chi connectivity index (χ3v) is 7.07. The molecular weight excluding hydrogens is 354 g/mol. The third kappa shape index (κ3) is 3.23. The van der Waals surface area contributed by atoms with Crippen LogP contribution in [0.25, 0.3) is 0 Å². The molecule has 1 saturated heterocycles. The molecule has 0 bridgehead atoms. The van der Waals surface area contributed by atoms with E-state index < -0.39 is 16.1 Å². The SMILES string of the molecule is O=C1N[C@H]2c3ccccc3C[C@H]2C(=O)N1CCS(=O)(=O)NCC1CCC1. The van der Waals surface area contributed by atoms with Gasteiger partial charge in [0.05, 0.1) is 17.7 Å². The predicted molar refractivity (Wildman–Crippen MR) is 95.8 cm³/mol. The highest BCUT2D eigenvalue weighted by Crippen LogP contribution is 2.39. The molecule has 7 nitrogen and oxygen atoms in total. The summed E-state index contributed by atoms with van der Waals surface area (Å²) in [6.07, 6.45) is 3.83. The zero-order valence-electron chi connectivity index (χ0n) is 14.5. The summed E-state index contributed by atoms with van der Waals surface area (Å²) in [4.78, 5) is 26.2. The maximum absolute atomic E-state index is 12.8. The highest BCUT2D eigenvalue weighted by atomic mass is 32.2. The highest BCUT2D eigenvalue weighted by Gasteiger charge is 2.46. The zero-order chi connectivity index (χ0) is 18.3. The van der Waals surface area contributed by atoms with Crippen LogP contribution in [-0.2, 0) is 21.2 Å². The number of fused-ring (bicyclic) bond motifs is 3. The number of benzene rings is 1. The maximum atomic E-state index is 12.8. The molecule has 0 spiro atoms. The monoisotopic (exact) mass is 377 g/mol. The molecule has 1 saturated carbocycles.